The van der Waals surface area contributed by atoms with Gasteiger partial charge >= 0.3 is 11.9 Å². The molecular formula is C31H39Br2ClN6O10. The maximum absolute atomic E-state index is 12.5. The number of benzene rings is 2. The number of nitrogens with one attached hydrogen (secondary N) is 1. The first-order chi connectivity index (χ1) is 23.5. The van der Waals surface area contributed by atoms with Crippen LogP contribution in [0.3, 0.4) is 0 Å². The Morgan fingerprint density at radius 2 is 1.56 bits per heavy atom. The number of nitro benzene ring substituents is 2. The van der Waals surface area contributed by atoms with Gasteiger partial charge in [-0.05, 0) is 69.7 Å². The summed E-state index contributed by atoms with van der Waals surface area (Å²) < 4.78 is 18.7. The summed E-state index contributed by atoms with van der Waals surface area (Å²) in [6.45, 7) is 4.94. The molecule has 5 rings (SSSR count). The number of ether oxygens (including phenoxy) is 3. The average Bonchev–Trinajstić information content (AvgIpc) is 3.22. The molecule has 0 amide bonds. The number of carbonyl (C=O) groups excluding carboxylic acids is 1. The fourth-order valence-corrected chi connectivity index (χ4v) is 5.86. The van der Waals surface area contributed by atoms with Crippen molar-refractivity contribution in [1.29, 1.82) is 0 Å². The second-order valence-corrected chi connectivity index (χ2v) is 12.6. The molecule has 2 aliphatic rings. The van der Waals surface area contributed by atoms with E-state index in [1.165, 1.54) is 24.4 Å². The van der Waals surface area contributed by atoms with Gasteiger partial charge in [-0.2, -0.15) is 5.10 Å². The zero-order valence-corrected chi connectivity index (χ0v) is 31.1. The van der Waals surface area contributed by atoms with Crippen LogP contribution in [0.15, 0.2) is 51.5 Å². The summed E-state index contributed by atoms with van der Waals surface area (Å²) >= 11 is 6.29. The number of carboxylic acid groups (broad SMARTS) is 1. The number of nitrogens with zero attached hydrogens (tertiary/aromatic N) is 4. The van der Waals surface area contributed by atoms with Gasteiger partial charge in [0.2, 0.25) is 0 Å². The lowest BCUT2D eigenvalue weighted by Gasteiger charge is -2.18. The van der Waals surface area contributed by atoms with E-state index >= 15 is 0 Å². The molecular weight excluding hydrogens is 812 g/mol. The lowest BCUT2D eigenvalue weighted by molar-refractivity contribution is -0.385. The summed E-state index contributed by atoms with van der Waals surface area (Å²) in [4.78, 5) is 43.8. The van der Waals surface area contributed by atoms with Crippen LogP contribution in [0.4, 0.5) is 11.4 Å². The molecule has 274 valence electrons. The summed E-state index contributed by atoms with van der Waals surface area (Å²) in [5.41, 5.74) is 2.93. The summed E-state index contributed by atoms with van der Waals surface area (Å²) in [6.07, 6.45) is 7.18. The van der Waals surface area contributed by atoms with Crippen LogP contribution in [0, 0.1) is 20.2 Å². The molecule has 1 aromatic heterocycles. The highest BCUT2D eigenvalue weighted by Gasteiger charge is 2.29. The number of rotatable bonds is 8. The standard InChI is InChI=1S/C18H20BrN3O5.C7H4BrNO4.C6H14N2O.ClH/c1-2-27-18(23)15-11-20-21(13-4-3-8-26-9-7-13)17(15)14-6-5-12(19)10-16(14)22(24)25;8-4-1-2-5(7(10)11)6(3-4)9(12)13;7-8-6-2-1-4-9-5-3-6;/h5-6,10-11,13H,2-4,7-9H2,1H3;1-3H,(H,10,11);6,8H,1-5,7H2;1H. The molecule has 4 N–H and O–H groups in total. The number of hydrazine groups is 1. The normalized spacial score (nSPS) is 17.2. The van der Waals surface area contributed by atoms with E-state index in [2.05, 4.69) is 42.4 Å². The van der Waals surface area contributed by atoms with Gasteiger partial charge in [0.1, 0.15) is 11.1 Å². The van der Waals surface area contributed by atoms with Crippen molar-refractivity contribution in [3.05, 3.63) is 82.9 Å². The smallest absolute Gasteiger partial charge is 0.342 e. The van der Waals surface area contributed by atoms with Crippen LogP contribution < -0.4 is 11.3 Å². The molecule has 2 aromatic carbocycles. The predicted octanol–water partition coefficient (Wildman–Crippen LogP) is 6.64. The van der Waals surface area contributed by atoms with Crippen molar-refractivity contribution in [2.45, 2.75) is 57.5 Å². The number of aromatic nitrogens is 2. The number of carbonyl (C=O) groups is 2. The van der Waals surface area contributed by atoms with Gasteiger partial charge in [-0.3, -0.25) is 36.2 Å². The van der Waals surface area contributed by atoms with E-state index in [0.29, 0.717) is 39.5 Å². The quantitative estimate of drug-likeness (QED) is 0.0937. The topological polar surface area (TPSA) is 224 Å². The second kappa shape index (κ2) is 21.6. The minimum Gasteiger partial charge on any atom is -0.477 e. The number of hydrogen-bond acceptors (Lipinski definition) is 12. The third kappa shape index (κ3) is 12.4. The van der Waals surface area contributed by atoms with Crippen molar-refractivity contribution in [3.8, 4) is 11.3 Å². The Morgan fingerprint density at radius 3 is 2.16 bits per heavy atom. The van der Waals surface area contributed by atoms with Gasteiger partial charge in [0, 0.05) is 53.5 Å². The number of hydrogen-bond donors (Lipinski definition) is 3. The molecule has 3 heterocycles. The lowest BCUT2D eigenvalue weighted by Crippen LogP contribution is -2.34. The fourth-order valence-electron chi connectivity index (χ4n) is 5.16. The second-order valence-electron chi connectivity index (χ2n) is 10.8. The molecule has 0 radical (unpaired) electrons. The number of aromatic carboxylic acids is 1. The van der Waals surface area contributed by atoms with Gasteiger partial charge in [0.05, 0.1) is 39.9 Å². The predicted molar refractivity (Wildman–Crippen MR) is 192 cm³/mol. The lowest BCUT2D eigenvalue weighted by atomic mass is 10.0. The van der Waals surface area contributed by atoms with Crippen molar-refractivity contribution in [2.24, 2.45) is 5.84 Å². The summed E-state index contributed by atoms with van der Waals surface area (Å²) in [7, 11) is 0. The van der Waals surface area contributed by atoms with E-state index in [1.807, 2.05) is 0 Å². The highest BCUT2D eigenvalue weighted by molar-refractivity contribution is 9.10. The Hall–Kier alpha value is -3.52. The first kappa shape index (κ1) is 42.6. The van der Waals surface area contributed by atoms with Gasteiger partial charge in [-0.1, -0.05) is 31.9 Å². The Balaban J connectivity index is 0.000000311. The fraction of sp³-hybridized carbons (Fsp3) is 0.452. The maximum atomic E-state index is 12.5. The van der Waals surface area contributed by atoms with Gasteiger partial charge in [0.25, 0.3) is 11.4 Å². The van der Waals surface area contributed by atoms with E-state index in [1.54, 1.807) is 23.7 Å². The number of carboxylic acids is 1. The Labute approximate surface area is 311 Å². The van der Waals surface area contributed by atoms with E-state index in [-0.39, 0.29) is 41.9 Å². The first-order valence-corrected chi connectivity index (χ1v) is 17.0. The van der Waals surface area contributed by atoms with Gasteiger partial charge in [0.15, 0.2) is 0 Å². The number of esters is 1. The van der Waals surface area contributed by atoms with Crippen molar-refractivity contribution < 1.29 is 38.8 Å². The zero-order valence-electron chi connectivity index (χ0n) is 27.1. The van der Waals surface area contributed by atoms with Gasteiger partial charge in [-0.25, -0.2) is 9.59 Å². The molecule has 2 fully saturated rings. The highest BCUT2D eigenvalue weighted by atomic mass is 79.9. The zero-order chi connectivity index (χ0) is 35.9. The van der Waals surface area contributed by atoms with Crippen molar-refractivity contribution >= 4 is 67.6 Å². The van der Waals surface area contributed by atoms with Crippen LogP contribution in [0.5, 0.6) is 0 Å². The van der Waals surface area contributed by atoms with Crippen LogP contribution in [0.2, 0.25) is 0 Å². The SMILES string of the molecule is CCOC(=O)c1cnn(C2CCCOCC2)c1-c1ccc(Br)cc1[N+](=O)[O-].Cl.NNC1CCCOCC1.O=C(O)c1ccc(Br)cc1[N+](=O)[O-]. The van der Waals surface area contributed by atoms with Crippen LogP contribution >= 0.6 is 44.3 Å². The van der Waals surface area contributed by atoms with E-state index < -0.39 is 27.5 Å². The van der Waals surface area contributed by atoms with E-state index in [4.69, 9.17) is 25.2 Å². The van der Waals surface area contributed by atoms with E-state index in [9.17, 15) is 29.8 Å². The third-order valence-corrected chi connectivity index (χ3v) is 8.53. The molecule has 0 aliphatic carbocycles. The average molecular weight is 851 g/mol. The molecule has 2 atom stereocenters. The third-order valence-electron chi connectivity index (χ3n) is 7.54. The Morgan fingerprint density at radius 1 is 0.960 bits per heavy atom. The van der Waals surface area contributed by atoms with Crippen LogP contribution in [-0.4, -0.2) is 75.7 Å². The molecule has 16 nitrogen and oxygen atoms in total. The van der Waals surface area contributed by atoms with Crippen molar-refractivity contribution in [1.82, 2.24) is 15.2 Å². The van der Waals surface area contributed by atoms with Gasteiger partial charge < -0.3 is 19.3 Å². The number of nitrogens with two attached hydrogens (primary N) is 1. The molecule has 2 saturated heterocycles. The van der Waals surface area contributed by atoms with Crippen LogP contribution in [-0.2, 0) is 14.2 Å². The molecule has 3 aromatic rings. The molecule has 50 heavy (non-hydrogen) atoms. The molecule has 0 bridgehead atoms. The first-order valence-electron chi connectivity index (χ1n) is 15.5. The van der Waals surface area contributed by atoms with Crippen LogP contribution in [0.25, 0.3) is 11.3 Å². The largest absolute Gasteiger partial charge is 0.477 e. The maximum Gasteiger partial charge on any atom is 0.342 e. The Kier molecular flexibility index (Phi) is 18.5. The highest BCUT2D eigenvalue weighted by Crippen LogP contribution is 2.37. The summed E-state index contributed by atoms with van der Waals surface area (Å²) in [5, 5.41) is 35.0. The monoisotopic (exact) mass is 848 g/mol. The van der Waals surface area contributed by atoms with E-state index in [0.717, 1.165) is 57.8 Å². The molecule has 19 heteroatoms. The Bertz CT molecular complexity index is 1600. The molecule has 2 aliphatic heterocycles. The number of halogens is 3. The minimum absolute atomic E-state index is 0. The van der Waals surface area contributed by atoms with Crippen molar-refractivity contribution in [3.63, 3.8) is 0 Å². The molecule has 0 saturated carbocycles. The van der Waals surface area contributed by atoms with Crippen LogP contribution in [0.1, 0.15) is 72.2 Å². The van der Waals surface area contributed by atoms with Crippen molar-refractivity contribution in [2.75, 3.05) is 33.0 Å². The summed E-state index contributed by atoms with van der Waals surface area (Å²) in [6, 6.07) is 9.03. The number of nitro groups is 2. The molecule has 2 unspecified atom stereocenters. The summed E-state index contributed by atoms with van der Waals surface area (Å²) in [5.74, 6) is 3.42. The molecule has 0 spiro atoms. The van der Waals surface area contributed by atoms with Gasteiger partial charge in [-0.15, -0.1) is 12.4 Å². The minimum atomic E-state index is -1.31.